The smallest absolute Gasteiger partial charge is 0.351 e. The fourth-order valence-electron chi connectivity index (χ4n) is 8.59. The van der Waals surface area contributed by atoms with Gasteiger partial charge in [-0.05, 0) is 70.1 Å². The Labute approximate surface area is 346 Å². The van der Waals surface area contributed by atoms with Crippen molar-refractivity contribution in [2.24, 2.45) is 5.92 Å². The molecular formula is C51H49N3O5. The van der Waals surface area contributed by atoms with E-state index in [0.717, 1.165) is 51.3 Å². The van der Waals surface area contributed by atoms with Crippen molar-refractivity contribution < 1.29 is 18.9 Å². The summed E-state index contributed by atoms with van der Waals surface area (Å²) < 4.78 is 27.1. The highest BCUT2D eigenvalue weighted by atomic mass is 16.6. The minimum atomic E-state index is -1.07. The maximum Gasteiger partial charge on any atom is 0.351 e. The minimum Gasteiger partial charge on any atom is -0.497 e. The maximum absolute atomic E-state index is 14.5. The molecule has 0 radical (unpaired) electrons. The van der Waals surface area contributed by atoms with Crippen LogP contribution in [0.1, 0.15) is 59.9 Å². The van der Waals surface area contributed by atoms with Crippen molar-refractivity contribution >= 4 is 5.82 Å². The van der Waals surface area contributed by atoms with E-state index in [-0.39, 0.29) is 12.0 Å². The van der Waals surface area contributed by atoms with Crippen molar-refractivity contribution in [1.29, 1.82) is 0 Å². The van der Waals surface area contributed by atoms with Crippen LogP contribution in [0.15, 0.2) is 187 Å². The number of hydrogen-bond donors (Lipinski definition) is 1. The molecule has 0 amide bonds. The second kappa shape index (κ2) is 17.2. The van der Waals surface area contributed by atoms with Crippen LogP contribution in [0, 0.1) is 5.92 Å². The first-order chi connectivity index (χ1) is 28.9. The first-order valence-corrected chi connectivity index (χ1v) is 20.1. The summed E-state index contributed by atoms with van der Waals surface area (Å²) in [5.41, 5.74) is 3.28. The van der Waals surface area contributed by atoms with Gasteiger partial charge in [-0.15, -0.1) is 0 Å². The molecule has 1 aromatic heterocycles. The van der Waals surface area contributed by atoms with Gasteiger partial charge in [-0.2, -0.15) is 4.98 Å². The summed E-state index contributed by atoms with van der Waals surface area (Å²) in [6, 6.07) is 58.7. The lowest BCUT2D eigenvalue weighted by atomic mass is 9.77. The van der Waals surface area contributed by atoms with Crippen LogP contribution in [0.3, 0.4) is 0 Å². The van der Waals surface area contributed by atoms with Gasteiger partial charge in [-0.25, -0.2) is 4.79 Å². The van der Waals surface area contributed by atoms with Gasteiger partial charge in [0.05, 0.1) is 20.3 Å². The average molecular weight is 784 g/mol. The van der Waals surface area contributed by atoms with Gasteiger partial charge in [0.1, 0.15) is 34.6 Å². The van der Waals surface area contributed by atoms with Gasteiger partial charge < -0.3 is 24.3 Å². The SMILES string of the molecule is CC[C@H]1O[C@@H](n2ccc(NC(c3ccccc3)(c3ccccc3)c3ccc(OC)cc3)nc2=O)[C@@H](OC(c2ccccc2)(c2ccccc2)c2ccc(OC)cc2)[C@@H]1C. The molecule has 8 nitrogen and oxygen atoms in total. The minimum absolute atomic E-state index is 0.0846. The summed E-state index contributed by atoms with van der Waals surface area (Å²) in [5.74, 6) is 1.81. The summed E-state index contributed by atoms with van der Waals surface area (Å²) in [4.78, 5) is 19.3. The molecular weight excluding hydrogens is 735 g/mol. The van der Waals surface area contributed by atoms with Crippen molar-refractivity contribution in [3.05, 3.63) is 226 Å². The third-order valence-corrected chi connectivity index (χ3v) is 11.6. The number of rotatable bonds is 14. The summed E-state index contributed by atoms with van der Waals surface area (Å²) in [5, 5.41) is 3.74. The Bertz CT molecular complexity index is 2400. The molecule has 0 aliphatic carbocycles. The highest BCUT2D eigenvalue weighted by Crippen LogP contribution is 2.48. The molecule has 8 heteroatoms. The monoisotopic (exact) mass is 783 g/mol. The van der Waals surface area contributed by atoms with Crippen LogP contribution in [0.4, 0.5) is 5.82 Å². The van der Waals surface area contributed by atoms with Gasteiger partial charge >= 0.3 is 5.69 Å². The number of benzene rings is 6. The quantitative estimate of drug-likeness (QED) is 0.110. The molecule has 6 aromatic carbocycles. The number of aromatic nitrogens is 2. The lowest BCUT2D eigenvalue weighted by Gasteiger charge is -2.40. The van der Waals surface area contributed by atoms with Crippen molar-refractivity contribution in [2.75, 3.05) is 19.5 Å². The van der Waals surface area contributed by atoms with Gasteiger partial charge in [0.2, 0.25) is 0 Å². The van der Waals surface area contributed by atoms with Gasteiger partial charge in [0.15, 0.2) is 6.23 Å². The molecule has 0 bridgehead atoms. The molecule has 7 aromatic rings. The largest absolute Gasteiger partial charge is 0.497 e. The van der Waals surface area contributed by atoms with E-state index in [2.05, 4.69) is 67.7 Å². The Balaban J connectivity index is 1.24. The number of anilines is 1. The summed E-state index contributed by atoms with van der Waals surface area (Å²) in [7, 11) is 3.32. The molecule has 8 rings (SSSR count). The average Bonchev–Trinajstić information content (AvgIpc) is 3.62. The molecule has 4 atom stereocenters. The van der Waals surface area contributed by atoms with E-state index in [1.807, 2.05) is 127 Å². The Hall–Kier alpha value is -6.48. The Morgan fingerprint density at radius 1 is 0.610 bits per heavy atom. The van der Waals surface area contributed by atoms with E-state index in [9.17, 15) is 4.79 Å². The fourth-order valence-corrected chi connectivity index (χ4v) is 8.59. The molecule has 0 unspecified atom stereocenters. The highest BCUT2D eigenvalue weighted by molar-refractivity contribution is 5.58. The van der Waals surface area contributed by atoms with E-state index in [0.29, 0.717) is 5.82 Å². The van der Waals surface area contributed by atoms with Crippen LogP contribution < -0.4 is 20.5 Å². The molecule has 298 valence electrons. The van der Waals surface area contributed by atoms with Crippen LogP contribution in [0.5, 0.6) is 11.5 Å². The molecule has 0 saturated carbocycles. The molecule has 1 aliphatic rings. The molecule has 2 heterocycles. The third kappa shape index (κ3) is 7.42. The molecule has 1 aliphatic heterocycles. The Kier molecular flexibility index (Phi) is 11.4. The Morgan fingerprint density at radius 3 is 1.47 bits per heavy atom. The van der Waals surface area contributed by atoms with Crippen LogP contribution >= 0.6 is 0 Å². The number of methoxy groups -OCH3 is 2. The third-order valence-electron chi connectivity index (χ3n) is 11.6. The first-order valence-electron chi connectivity index (χ1n) is 20.1. The van der Waals surface area contributed by atoms with Gasteiger partial charge in [0.25, 0.3) is 0 Å². The van der Waals surface area contributed by atoms with E-state index < -0.39 is 29.2 Å². The predicted molar refractivity (Wildman–Crippen MR) is 232 cm³/mol. The summed E-state index contributed by atoms with van der Waals surface area (Å²) in [6.45, 7) is 4.25. The number of nitrogens with zero attached hydrogens (tertiary/aromatic N) is 2. The van der Waals surface area contributed by atoms with Crippen molar-refractivity contribution in [3.63, 3.8) is 0 Å². The summed E-state index contributed by atoms with van der Waals surface area (Å²) >= 11 is 0. The standard InChI is InChI=1S/C51H49N3O5/c1-5-45-36(2)47(59-51(40-22-14-8-15-23-40,41-24-16-9-17-25-41)42-28-32-44(57-4)33-29-42)48(58-45)54-35-34-46(52-49(54)55)53-50(37-18-10-6-11-19-37,38-20-12-7-13-21-38)39-26-30-43(56-3)31-27-39/h6-36,45,47-48H,5H2,1-4H3,(H,52,53,55)/t36-,45-,47+,48-/m1/s1. The number of hydrogen-bond acceptors (Lipinski definition) is 7. The van der Waals surface area contributed by atoms with E-state index in [1.165, 1.54) is 0 Å². The predicted octanol–water partition coefficient (Wildman–Crippen LogP) is 9.99. The number of ether oxygens (including phenoxy) is 4. The molecule has 1 N–H and O–H groups in total. The van der Waals surface area contributed by atoms with E-state index in [1.54, 1.807) is 25.0 Å². The van der Waals surface area contributed by atoms with Crippen molar-refractivity contribution in [3.8, 4) is 11.5 Å². The van der Waals surface area contributed by atoms with Gasteiger partial charge in [-0.3, -0.25) is 4.57 Å². The van der Waals surface area contributed by atoms with Crippen molar-refractivity contribution in [1.82, 2.24) is 9.55 Å². The number of nitrogens with one attached hydrogen (secondary N) is 1. The maximum atomic E-state index is 14.5. The van der Waals surface area contributed by atoms with Crippen LogP contribution in [0.2, 0.25) is 0 Å². The topological polar surface area (TPSA) is 83.8 Å². The van der Waals surface area contributed by atoms with Gasteiger partial charge in [0, 0.05) is 12.1 Å². The molecule has 1 saturated heterocycles. The zero-order chi connectivity index (χ0) is 40.8. The lowest BCUT2D eigenvalue weighted by molar-refractivity contribution is -0.114. The normalized spacial score (nSPS) is 18.0. The van der Waals surface area contributed by atoms with E-state index >= 15 is 0 Å². The fraction of sp³-hybridized carbons (Fsp3) is 0.216. The Morgan fingerprint density at radius 2 is 1.03 bits per heavy atom. The summed E-state index contributed by atoms with van der Waals surface area (Å²) in [6.07, 6.45) is 1.01. The van der Waals surface area contributed by atoms with Gasteiger partial charge in [-0.1, -0.05) is 159 Å². The van der Waals surface area contributed by atoms with Crippen LogP contribution in [-0.4, -0.2) is 36.0 Å². The van der Waals surface area contributed by atoms with Crippen molar-refractivity contribution in [2.45, 2.75) is 49.8 Å². The van der Waals surface area contributed by atoms with E-state index in [4.69, 9.17) is 23.9 Å². The van der Waals surface area contributed by atoms with Crippen LogP contribution in [0.25, 0.3) is 0 Å². The molecule has 0 spiro atoms. The molecule has 59 heavy (non-hydrogen) atoms. The zero-order valence-corrected chi connectivity index (χ0v) is 33.8. The first kappa shape index (κ1) is 39.4. The zero-order valence-electron chi connectivity index (χ0n) is 33.8. The highest BCUT2D eigenvalue weighted by Gasteiger charge is 2.50. The van der Waals surface area contributed by atoms with Crippen LogP contribution in [-0.2, 0) is 20.6 Å². The lowest BCUT2D eigenvalue weighted by Crippen LogP contribution is -2.43. The second-order valence-corrected chi connectivity index (χ2v) is 14.9. The molecule has 1 fully saturated rings. The second-order valence-electron chi connectivity index (χ2n) is 14.9.